The van der Waals surface area contributed by atoms with Crippen LogP contribution in [0, 0.1) is 12.8 Å². The van der Waals surface area contributed by atoms with E-state index >= 15 is 0 Å². The van der Waals surface area contributed by atoms with Gasteiger partial charge in [0.2, 0.25) is 0 Å². The number of Topliss-reactive ketones (excluding diaryl/α,β-unsaturated/α-hetero) is 1. The fraction of sp³-hybridized carbons (Fsp3) is 0.357. The number of carbonyl (C=O) groups excluding carboxylic acids is 1. The molecule has 2 aromatic rings. The van der Waals surface area contributed by atoms with E-state index in [1.165, 1.54) is 16.8 Å². The molecule has 2 heteroatoms. The minimum atomic E-state index is 0.154. The predicted octanol–water partition coefficient (Wildman–Crippen LogP) is 2.86. The van der Waals surface area contributed by atoms with E-state index in [4.69, 9.17) is 0 Å². The van der Waals surface area contributed by atoms with Gasteiger partial charge < -0.3 is 4.57 Å². The van der Waals surface area contributed by atoms with Gasteiger partial charge in [0.05, 0.1) is 0 Å². The van der Waals surface area contributed by atoms with Crippen LogP contribution in [0.2, 0.25) is 0 Å². The van der Waals surface area contributed by atoms with E-state index in [1.807, 2.05) is 6.92 Å². The molecule has 0 bridgehead atoms. The summed E-state index contributed by atoms with van der Waals surface area (Å²) in [4.78, 5) is 12.1. The summed E-state index contributed by atoms with van der Waals surface area (Å²) in [6.45, 7) is 4.09. The molecule has 0 radical (unpaired) electrons. The second-order valence-corrected chi connectivity index (χ2v) is 4.87. The molecular weight excluding hydrogens is 198 g/mol. The molecule has 0 fully saturated rings. The first-order valence-corrected chi connectivity index (χ1v) is 5.71. The Morgan fingerprint density at radius 2 is 2.12 bits per heavy atom. The molecule has 0 spiro atoms. The van der Waals surface area contributed by atoms with Crippen LogP contribution in [0.1, 0.15) is 28.5 Å². The van der Waals surface area contributed by atoms with Crippen molar-refractivity contribution in [2.75, 3.05) is 0 Å². The lowest BCUT2D eigenvalue weighted by Crippen LogP contribution is -2.04. The van der Waals surface area contributed by atoms with E-state index in [0.29, 0.717) is 5.78 Å². The maximum Gasteiger partial charge on any atom is 0.168 e. The number of aromatic nitrogens is 1. The van der Waals surface area contributed by atoms with E-state index in [0.717, 1.165) is 17.4 Å². The first kappa shape index (κ1) is 9.64. The number of rotatable bonds is 0. The van der Waals surface area contributed by atoms with Crippen LogP contribution < -0.4 is 0 Å². The molecule has 82 valence electrons. The van der Waals surface area contributed by atoms with Gasteiger partial charge in [0, 0.05) is 35.1 Å². The molecule has 3 rings (SSSR count). The predicted molar refractivity (Wildman–Crippen MR) is 64.9 cm³/mol. The largest absolute Gasteiger partial charge is 0.347 e. The summed E-state index contributed by atoms with van der Waals surface area (Å²) < 4.78 is 2.17. The summed E-state index contributed by atoms with van der Waals surface area (Å²) in [7, 11) is 2.06. The summed E-state index contributed by atoms with van der Waals surface area (Å²) in [6.07, 6.45) is 0.887. The lowest BCUT2D eigenvalue weighted by Gasteiger charge is -2.03. The van der Waals surface area contributed by atoms with Gasteiger partial charge in [0.1, 0.15) is 0 Å². The van der Waals surface area contributed by atoms with Gasteiger partial charge in [0.15, 0.2) is 5.78 Å². The molecule has 1 atom stereocenters. The van der Waals surface area contributed by atoms with Gasteiger partial charge in [-0.2, -0.15) is 0 Å². The highest BCUT2D eigenvalue weighted by Crippen LogP contribution is 2.35. The van der Waals surface area contributed by atoms with Crippen LogP contribution in [0.25, 0.3) is 10.9 Å². The van der Waals surface area contributed by atoms with Crippen molar-refractivity contribution in [2.24, 2.45) is 13.0 Å². The third-order valence-electron chi connectivity index (χ3n) is 3.67. The maximum atomic E-state index is 12.1. The highest BCUT2D eigenvalue weighted by atomic mass is 16.1. The molecule has 0 N–H and O–H groups in total. The fourth-order valence-electron chi connectivity index (χ4n) is 2.75. The van der Waals surface area contributed by atoms with E-state index in [1.54, 1.807) is 0 Å². The van der Waals surface area contributed by atoms with E-state index in [-0.39, 0.29) is 5.92 Å². The monoisotopic (exact) mass is 213 g/mol. The van der Waals surface area contributed by atoms with Crippen molar-refractivity contribution in [1.29, 1.82) is 0 Å². The summed E-state index contributed by atoms with van der Waals surface area (Å²) in [5.74, 6) is 0.465. The van der Waals surface area contributed by atoms with Crippen LogP contribution >= 0.6 is 0 Å². The van der Waals surface area contributed by atoms with Gasteiger partial charge in [-0.05, 0) is 25.5 Å². The zero-order chi connectivity index (χ0) is 11.4. The smallest absolute Gasteiger partial charge is 0.168 e. The molecule has 16 heavy (non-hydrogen) atoms. The first-order valence-electron chi connectivity index (χ1n) is 5.71. The van der Waals surface area contributed by atoms with Crippen LogP contribution in [0.3, 0.4) is 0 Å². The van der Waals surface area contributed by atoms with Crippen molar-refractivity contribution in [3.63, 3.8) is 0 Å². The topological polar surface area (TPSA) is 22.0 Å². The van der Waals surface area contributed by atoms with Crippen LogP contribution in [-0.2, 0) is 13.5 Å². The van der Waals surface area contributed by atoms with Crippen LogP contribution in [0.15, 0.2) is 18.2 Å². The maximum absolute atomic E-state index is 12.1. The molecule has 0 saturated carbocycles. The number of hydrogen-bond donors (Lipinski definition) is 0. The number of ketones is 1. The van der Waals surface area contributed by atoms with Gasteiger partial charge in [-0.15, -0.1) is 0 Å². The van der Waals surface area contributed by atoms with Crippen molar-refractivity contribution in [1.82, 2.24) is 4.57 Å². The quantitative estimate of drug-likeness (QED) is 0.659. The Morgan fingerprint density at radius 3 is 2.88 bits per heavy atom. The Morgan fingerprint density at radius 1 is 1.38 bits per heavy atom. The van der Waals surface area contributed by atoms with E-state index in [9.17, 15) is 4.79 Å². The molecule has 1 aromatic heterocycles. The van der Waals surface area contributed by atoms with Crippen LogP contribution in [0.5, 0.6) is 0 Å². The Hall–Kier alpha value is -1.57. The molecule has 1 aliphatic carbocycles. The molecule has 1 heterocycles. The Labute approximate surface area is 94.9 Å². The third kappa shape index (κ3) is 1.04. The van der Waals surface area contributed by atoms with Gasteiger partial charge in [-0.1, -0.05) is 18.6 Å². The minimum Gasteiger partial charge on any atom is -0.347 e. The number of benzene rings is 1. The van der Waals surface area contributed by atoms with Crippen molar-refractivity contribution in [3.05, 3.63) is 35.0 Å². The highest BCUT2D eigenvalue weighted by Gasteiger charge is 2.32. The average Bonchev–Trinajstić information content (AvgIpc) is 2.67. The van der Waals surface area contributed by atoms with Crippen molar-refractivity contribution < 1.29 is 4.79 Å². The molecule has 1 aromatic carbocycles. The molecule has 0 aliphatic heterocycles. The van der Waals surface area contributed by atoms with Gasteiger partial charge in [-0.25, -0.2) is 0 Å². The normalized spacial score (nSPS) is 19.4. The number of fused-ring (bicyclic) bond motifs is 3. The molecule has 0 saturated heterocycles. The average molecular weight is 213 g/mol. The van der Waals surface area contributed by atoms with E-state index in [2.05, 4.69) is 36.7 Å². The summed E-state index contributed by atoms with van der Waals surface area (Å²) in [6, 6.07) is 6.34. The van der Waals surface area contributed by atoms with Crippen molar-refractivity contribution in [2.45, 2.75) is 20.3 Å². The molecular formula is C14H15NO. The minimum absolute atomic E-state index is 0.154. The van der Waals surface area contributed by atoms with Gasteiger partial charge in [-0.3, -0.25) is 4.79 Å². The zero-order valence-electron chi connectivity index (χ0n) is 9.87. The van der Waals surface area contributed by atoms with Crippen LogP contribution in [0.4, 0.5) is 0 Å². The standard InChI is InChI=1S/C14H15NO/c1-8-4-5-11-10(6-8)13-12(15(11)3)7-9(2)14(13)16/h4-6,9H,7H2,1-3H3. The SMILES string of the molecule is Cc1ccc2c(c1)c1c(n2C)CC(C)C1=O. The van der Waals surface area contributed by atoms with Crippen LogP contribution in [-0.4, -0.2) is 10.4 Å². The summed E-state index contributed by atoms with van der Waals surface area (Å²) >= 11 is 0. The lowest BCUT2D eigenvalue weighted by molar-refractivity contribution is 0.0947. The first-order chi connectivity index (χ1) is 7.59. The lowest BCUT2D eigenvalue weighted by atomic mass is 10.0. The Kier molecular flexibility index (Phi) is 1.79. The van der Waals surface area contributed by atoms with E-state index < -0.39 is 0 Å². The second kappa shape index (κ2) is 2.97. The number of nitrogens with zero attached hydrogens (tertiary/aromatic N) is 1. The summed E-state index contributed by atoms with van der Waals surface area (Å²) in [5.41, 5.74) is 4.57. The highest BCUT2D eigenvalue weighted by molar-refractivity contribution is 6.12. The van der Waals surface area contributed by atoms with Crippen molar-refractivity contribution in [3.8, 4) is 0 Å². The van der Waals surface area contributed by atoms with Gasteiger partial charge in [0.25, 0.3) is 0 Å². The molecule has 1 aliphatic rings. The third-order valence-corrected chi connectivity index (χ3v) is 3.67. The molecule has 2 nitrogen and oxygen atoms in total. The Balaban J connectivity index is 2.43. The fourth-order valence-corrected chi connectivity index (χ4v) is 2.75. The van der Waals surface area contributed by atoms with Crippen molar-refractivity contribution >= 4 is 16.7 Å². The molecule has 0 amide bonds. The number of hydrogen-bond acceptors (Lipinski definition) is 1. The Bertz CT molecular complexity index is 607. The zero-order valence-corrected chi connectivity index (χ0v) is 9.87. The molecule has 1 unspecified atom stereocenters. The van der Waals surface area contributed by atoms with Gasteiger partial charge >= 0.3 is 0 Å². The number of carbonyl (C=O) groups is 1. The second-order valence-electron chi connectivity index (χ2n) is 4.87. The number of aryl methyl sites for hydroxylation is 2. The summed E-state index contributed by atoms with van der Waals surface area (Å²) in [5, 5.41) is 1.13.